The number of benzene rings is 1. The minimum absolute atomic E-state index is 0.364. The predicted octanol–water partition coefficient (Wildman–Crippen LogP) is 5.13. The molecule has 0 radical (unpaired) electrons. The van der Waals surface area contributed by atoms with E-state index < -0.39 is 0 Å². The number of aromatic nitrogens is 1. The van der Waals surface area contributed by atoms with E-state index in [4.69, 9.17) is 23.2 Å². The zero-order chi connectivity index (χ0) is 13.8. The summed E-state index contributed by atoms with van der Waals surface area (Å²) in [6, 6.07) is 10.9. The maximum Gasteiger partial charge on any atom is 0.101 e. The molecule has 0 bridgehead atoms. The van der Waals surface area contributed by atoms with Gasteiger partial charge in [0.05, 0.1) is 15.6 Å². The zero-order valence-corrected chi connectivity index (χ0v) is 12.7. The Morgan fingerprint density at radius 3 is 2.42 bits per heavy atom. The van der Waals surface area contributed by atoms with Crippen LogP contribution >= 0.6 is 39.1 Å². The third-order valence-electron chi connectivity index (χ3n) is 2.47. The summed E-state index contributed by atoms with van der Waals surface area (Å²) in [5.41, 5.74) is 1.81. The van der Waals surface area contributed by atoms with Gasteiger partial charge in [-0.2, -0.15) is 5.26 Å². The molecule has 2 aromatic rings. The molecule has 1 aromatic carbocycles. The molecule has 1 aromatic heterocycles. The SMILES string of the molecule is N#C/C(=C(/Cl)c1ccc(Br)c(Cl)c1)c1ccncc1. The van der Waals surface area contributed by atoms with E-state index in [2.05, 4.69) is 27.0 Å². The second-order valence-electron chi connectivity index (χ2n) is 3.67. The van der Waals surface area contributed by atoms with E-state index in [-0.39, 0.29) is 0 Å². The van der Waals surface area contributed by atoms with Crippen molar-refractivity contribution in [1.29, 1.82) is 5.26 Å². The van der Waals surface area contributed by atoms with Gasteiger partial charge in [-0.05, 0) is 51.3 Å². The number of rotatable bonds is 2. The van der Waals surface area contributed by atoms with E-state index in [9.17, 15) is 5.26 Å². The Bertz CT molecular complexity index is 676. The number of hydrogen-bond donors (Lipinski definition) is 0. The third-order valence-corrected chi connectivity index (χ3v) is 4.11. The van der Waals surface area contributed by atoms with Crippen LogP contribution in [0.3, 0.4) is 0 Å². The molecular formula is C14H7BrCl2N2. The molecular weight excluding hydrogens is 347 g/mol. The van der Waals surface area contributed by atoms with Crippen LogP contribution in [-0.2, 0) is 0 Å². The quantitative estimate of drug-likeness (QED) is 0.702. The summed E-state index contributed by atoms with van der Waals surface area (Å²) < 4.78 is 0.782. The molecule has 0 aliphatic carbocycles. The largest absolute Gasteiger partial charge is 0.265 e. The molecule has 0 unspecified atom stereocenters. The molecule has 2 nitrogen and oxygen atoms in total. The zero-order valence-electron chi connectivity index (χ0n) is 9.57. The normalized spacial score (nSPS) is 11.7. The van der Waals surface area contributed by atoms with Gasteiger partial charge in [0.1, 0.15) is 6.07 Å². The Hall–Kier alpha value is -1.34. The minimum Gasteiger partial charge on any atom is -0.265 e. The van der Waals surface area contributed by atoms with Crippen molar-refractivity contribution in [3.8, 4) is 6.07 Å². The fraction of sp³-hybridized carbons (Fsp3) is 0. The van der Waals surface area contributed by atoms with Gasteiger partial charge in [0.15, 0.2) is 0 Å². The lowest BCUT2D eigenvalue weighted by Gasteiger charge is -2.05. The van der Waals surface area contributed by atoms with Gasteiger partial charge in [-0.1, -0.05) is 29.3 Å². The summed E-state index contributed by atoms with van der Waals surface area (Å²) in [6.07, 6.45) is 3.23. The Balaban J connectivity index is 2.56. The molecule has 0 aliphatic heterocycles. The van der Waals surface area contributed by atoms with E-state index in [0.717, 1.165) is 10.0 Å². The highest BCUT2D eigenvalue weighted by Gasteiger charge is 2.10. The highest BCUT2D eigenvalue weighted by atomic mass is 79.9. The van der Waals surface area contributed by atoms with Crippen LogP contribution in [0, 0.1) is 11.3 Å². The Kier molecular flexibility index (Phi) is 4.60. The van der Waals surface area contributed by atoms with E-state index in [1.54, 1.807) is 42.7 Å². The van der Waals surface area contributed by atoms with Crippen LogP contribution in [0.25, 0.3) is 10.6 Å². The first-order valence-corrected chi connectivity index (χ1v) is 6.84. The topological polar surface area (TPSA) is 36.7 Å². The lowest BCUT2D eigenvalue weighted by molar-refractivity contribution is 1.32. The lowest BCUT2D eigenvalue weighted by atomic mass is 10.0. The van der Waals surface area contributed by atoms with Crippen molar-refractivity contribution in [2.45, 2.75) is 0 Å². The molecule has 5 heteroatoms. The van der Waals surface area contributed by atoms with Gasteiger partial charge in [-0.3, -0.25) is 4.98 Å². The van der Waals surface area contributed by atoms with Gasteiger partial charge in [-0.25, -0.2) is 0 Å². The number of allylic oxidation sites excluding steroid dienone is 1. The summed E-state index contributed by atoms with van der Waals surface area (Å²) in [5.74, 6) is 0. The van der Waals surface area contributed by atoms with E-state index in [0.29, 0.717) is 21.2 Å². The van der Waals surface area contributed by atoms with Gasteiger partial charge in [0.2, 0.25) is 0 Å². The molecule has 0 amide bonds. The second kappa shape index (κ2) is 6.21. The molecule has 0 saturated carbocycles. The highest BCUT2D eigenvalue weighted by Crippen LogP contribution is 2.32. The first-order valence-electron chi connectivity index (χ1n) is 5.29. The number of hydrogen-bond acceptors (Lipinski definition) is 2. The first kappa shape index (κ1) is 14.1. The molecule has 19 heavy (non-hydrogen) atoms. The maximum absolute atomic E-state index is 9.28. The molecule has 0 N–H and O–H groups in total. The number of nitriles is 1. The molecule has 0 aliphatic rings. The van der Waals surface area contributed by atoms with Gasteiger partial charge < -0.3 is 0 Å². The summed E-state index contributed by atoms with van der Waals surface area (Å²) in [5, 5.41) is 10.2. The first-order chi connectivity index (χ1) is 9.13. The average Bonchev–Trinajstić information content (AvgIpc) is 2.44. The Labute approximate surface area is 129 Å². The van der Waals surface area contributed by atoms with Gasteiger partial charge in [0, 0.05) is 16.9 Å². The van der Waals surface area contributed by atoms with Gasteiger partial charge in [0.25, 0.3) is 0 Å². The fourth-order valence-electron chi connectivity index (χ4n) is 1.54. The van der Waals surface area contributed by atoms with Crippen molar-refractivity contribution in [2.75, 3.05) is 0 Å². The molecule has 94 valence electrons. The van der Waals surface area contributed by atoms with E-state index in [1.165, 1.54) is 0 Å². The number of halogens is 3. The van der Waals surface area contributed by atoms with E-state index >= 15 is 0 Å². The standard InChI is InChI=1S/C14H7BrCl2N2/c15-12-2-1-10(7-13(12)16)14(17)11(8-18)9-3-5-19-6-4-9/h1-7H/b14-11-. The molecule has 0 fully saturated rings. The van der Waals surface area contributed by atoms with Crippen molar-refractivity contribution in [1.82, 2.24) is 4.98 Å². The van der Waals surface area contributed by atoms with Crippen molar-refractivity contribution in [2.24, 2.45) is 0 Å². The molecule has 0 saturated heterocycles. The molecule has 0 atom stereocenters. The van der Waals surface area contributed by atoms with Crippen LogP contribution < -0.4 is 0 Å². The third kappa shape index (κ3) is 3.16. The monoisotopic (exact) mass is 352 g/mol. The lowest BCUT2D eigenvalue weighted by Crippen LogP contribution is -1.87. The Morgan fingerprint density at radius 2 is 1.84 bits per heavy atom. The summed E-state index contributed by atoms with van der Waals surface area (Å²) in [6.45, 7) is 0. The van der Waals surface area contributed by atoms with Gasteiger partial charge in [-0.15, -0.1) is 0 Å². The van der Waals surface area contributed by atoms with Crippen LogP contribution in [0.4, 0.5) is 0 Å². The van der Waals surface area contributed by atoms with Crippen LogP contribution in [-0.4, -0.2) is 4.98 Å². The van der Waals surface area contributed by atoms with Crippen molar-refractivity contribution in [3.63, 3.8) is 0 Å². The molecule has 2 rings (SSSR count). The second-order valence-corrected chi connectivity index (χ2v) is 5.31. The summed E-state index contributed by atoms with van der Waals surface area (Å²) in [4.78, 5) is 3.92. The van der Waals surface area contributed by atoms with Crippen LogP contribution in [0.5, 0.6) is 0 Å². The van der Waals surface area contributed by atoms with E-state index in [1.807, 2.05) is 0 Å². The van der Waals surface area contributed by atoms with Crippen LogP contribution in [0.2, 0.25) is 5.02 Å². The smallest absolute Gasteiger partial charge is 0.101 e. The van der Waals surface area contributed by atoms with Crippen LogP contribution in [0.15, 0.2) is 47.2 Å². The van der Waals surface area contributed by atoms with Crippen LogP contribution in [0.1, 0.15) is 11.1 Å². The fourth-order valence-corrected chi connectivity index (χ4v) is 2.23. The highest BCUT2D eigenvalue weighted by molar-refractivity contribution is 9.10. The number of nitrogens with zero attached hydrogens (tertiary/aromatic N) is 2. The molecule has 1 heterocycles. The summed E-state index contributed by atoms with van der Waals surface area (Å²) >= 11 is 15.6. The Morgan fingerprint density at radius 1 is 1.16 bits per heavy atom. The maximum atomic E-state index is 9.28. The van der Waals surface area contributed by atoms with Crippen molar-refractivity contribution < 1.29 is 0 Å². The molecule has 0 spiro atoms. The van der Waals surface area contributed by atoms with Crippen molar-refractivity contribution in [3.05, 3.63) is 63.3 Å². The van der Waals surface area contributed by atoms with Crippen molar-refractivity contribution >= 4 is 49.7 Å². The number of pyridine rings is 1. The summed E-state index contributed by atoms with van der Waals surface area (Å²) in [7, 11) is 0. The average molecular weight is 354 g/mol. The van der Waals surface area contributed by atoms with Gasteiger partial charge >= 0.3 is 0 Å². The minimum atomic E-state index is 0.364. The predicted molar refractivity (Wildman–Crippen MR) is 81.7 cm³/mol.